The molecule has 1 aromatic heterocycles. The van der Waals surface area contributed by atoms with Gasteiger partial charge in [-0.2, -0.15) is 0 Å². The first-order valence-electron chi connectivity index (χ1n) is 15.8. The lowest BCUT2D eigenvalue weighted by atomic mass is 9.49. The smallest absolute Gasteiger partial charge is 0.228 e. The number of fused-ring (bicyclic) bond motifs is 5. The van der Waals surface area contributed by atoms with Crippen LogP contribution in [0.1, 0.15) is 95.7 Å². The molecule has 0 aromatic carbocycles. The maximum atomic E-state index is 13.8. The van der Waals surface area contributed by atoms with Crippen molar-refractivity contribution in [3.63, 3.8) is 0 Å². The minimum Gasteiger partial charge on any atom is -0.387 e. The predicted octanol–water partition coefficient (Wildman–Crippen LogP) is 5.66. The number of ketones is 1. The summed E-state index contributed by atoms with van der Waals surface area (Å²) in [5, 5.41) is 11.2. The van der Waals surface area contributed by atoms with E-state index in [0.717, 1.165) is 79.9 Å². The van der Waals surface area contributed by atoms with Crippen molar-refractivity contribution in [1.29, 1.82) is 0 Å². The number of nitrogens with zero attached hydrogens (tertiary/aromatic N) is 2. The van der Waals surface area contributed by atoms with E-state index < -0.39 is 5.60 Å². The number of aryl methyl sites for hydroxylation is 1. The lowest BCUT2D eigenvalue weighted by Gasteiger charge is -2.57. The highest BCUT2D eigenvalue weighted by atomic mass is 16.5. The average Bonchev–Trinajstić information content (AvgIpc) is 3.51. The summed E-state index contributed by atoms with van der Waals surface area (Å²) in [5.74, 6) is 4.92. The second-order valence-electron chi connectivity index (χ2n) is 13.9. The summed E-state index contributed by atoms with van der Waals surface area (Å²) in [7, 11) is 0. The van der Waals surface area contributed by atoms with Crippen LogP contribution in [0, 0.1) is 47.8 Å². The Balaban J connectivity index is 1.12. The number of hydrogen-bond donors (Lipinski definition) is 1. The predicted molar refractivity (Wildman–Crippen MR) is 151 cm³/mol. The molecule has 1 aromatic rings. The molecule has 5 aliphatic rings. The van der Waals surface area contributed by atoms with Crippen molar-refractivity contribution in [3.8, 4) is 0 Å². The van der Waals surface area contributed by atoms with Crippen LogP contribution in [0.25, 0.3) is 0 Å². The summed E-state index contributed by atoms with van der Waals surface area (Å²) in [6.45, 7) is 8.32. The Morgan fingerprint density at radius 1 is 1.10 bits per heavy atom. The van der Waals surface area contributed by atoms with Crippen molar-refractivity contribution in [3.05, 3.63) is 23.4 Å². The van der Waals surface area contributed by atoms with E-state index in [4.69, 9.17) is 9.72 Å². The fourth-order valence-corrected chi connectivity index (χ4v) is 10.0. The SMILES string of the molecule is CCOC[C@@]1(O)CC[C@H]2[C@H](CC[C@@H]3[C@@H]2CC[C@]2(C)[C@@H](C(=O)Cc4ccc(N5CCCC5=O)nc4C)CC[C@@H]32)C1. The molecule has 6 rings (SSSR count). The quantitative estimate of drug-likeness (QED) is 0.486. The first-order chi connectivity index (χ1) is 18.7. The van der Waals surface area contributed by atoms with E-state index in [1.807, 2.05) is 26.0 Å². The van der Waals surface area contributed by atoms with Crippen LogP contribution in [0.5, 0.6) is 0 Å². The number of hydrogen-bond acceptors (Lipinski definition) is 5. The van der Waals surface area contributed by atoms with Crippen molar-refractivity contribution in [2.24, 2.45) is 40.9 Å². The fraction of sp³-hybridized carbons (Fsp3) is 0.788. The van der Waals surface area contributed by atoms with E-state index in [0.29, 0.717) is 43.7 Å². The number of carbonyl (C=O) groups excluding carboxylic acids is 2. The molecule has 8 atom stereocenters. The van der Waals surface area contributed by atoms with Crippen molar-refractivity contribution in [2.45, 2.75) is 103 Å². The zero-order valence-corrected chi connectivity index (χ0v) is 24.3. The molecular formula is C33H48N2O4. The van der Waals surface area contributed by atoms with Gasteiger partial charge in [-0.25, -0.2) is 4.98 Å². The van der Waals surface area contributed by atoms with Gasteiger partial charge in [-0.15, -0.1) is 0 Å². The van der Waals surface area contributed by atoms with E-state index in [1.54, 1.807) is 4.90 Å². The number of pyridine rings is 1. The molecule has 39 heavy (non-hydrogen) atoms. The molecule has 2 heterocycles. The number of ether oxygens (including phenoxy) is 1. The monoisotopic (exact) mass is 536 g/mol. The van der Waals surface area contributed by atoms with Crippen LogP contribution in [0.2, 0.25) is 0 Å². The minimum atomic E-state index is -0.632. The number of anilines is 1. The maximum absolute atomic E-state index is 13.8. The van der Waals surface area contributed by atoms with E-state index in [-0.39, 0.29) is 17.2 Å². The van der Waals surface area contributed by atoms with E-state index >= 15 is 0 Å². The second-order valence-corrected chi connectivity index (χ2v) is 13.9. The molecule has 1 aliphatic heterocycles. The lowest BCUT2D eigenvalue weighted by Crippen LogP contribution is -2.52. The molecule has 4 aliphatic carbocycles. The third-order valence-electron chi connectivity index (χ3n) is 12.0. The van der Waals surface area contributed by atoms with Crippen LogP contribution < -0.4 is 4.90 Å². The molecule has 0 bridgehead atoms. The number of rotatable bonds is 7. The van der Waals surface area contributed by atoms with Gasteiger partial charge in [0.1, 0.15) is 11.6 Å². The van der Waals surface area contributed by atoms with Gasteiger partial charge in [0.25, 0.3) is 0 Å². The molecule has 6 nitrogen and oxygen atoms in total. The van der Waals surface area contributed by atoms with Gasteiger partial charge in [0, 0.05) is 37.6 Å². The first-order valence-corrected chi connectivity index (χ1v) is 15.8. The summed E-state index contributed by atoms with van der Waals surface area (Å²) >= 11 is 0. The zero-order valence-electron chi connectivity index (χ0n) is 24.3. The van der Waals surface area contributed by atoms with Gasteiger partial charge in [-0.05, 0) is 125 Å². The molecule has 1 saturated heterocycles. The highest BCUT2D eigenvalue weighted by molar-refractivity contribution is 5.94. The molecule has 0 radical (unpaired) electrons. The van der Waals surface area contributed by atoms with Gasteiger partial charge in [0.15, 0.2) is 0 Å². The molecule has 214 valence electrons. The van der Waals surface area contributed by atoms with Gasteiger partial charge in [0.05, 0.1) is 12.2 Å². The van der Waals surface area contributed by atoms with Crippen molar-refractivity contribution >= 4 is 17.5 Å². The maximum Gasteiger partial charge on any atom is 0.228 e. The average molecular weight is 537 g/mol. The number of aromatic nitrogens is 1. The van der Waals surface area contributed by atoms with Gasteiger partial charge in [-0.3, -0.25) is 14.5 Å². The van der Waals surface area contributed by atoms with Crippen LogP contribution in [0.3, 0.4) is 0 Å². The normalized spacial score (nSPS) is 39.8. The third kappa shape index (κ3) is 4.88. The number of aliphatic hydroxyl groups is 1. The van der Waals surface area contributed by atoms with Crippen LogP contribution >= 0.6 is 0 Å². The van der Waals surface area contributed by atoms with Crippen LogP contribution in [0.4, 0.5) is 5.82 Å². The van der Waals surface area contributed by atoms with Crippen LogP contribution in [-0.2, 0) is 20.7 Å². The highest BCUT2D eigenvalue weighted by Crippen LogP contribution is 2.64. The lowest BCUT2D eigenvalue weighted by molar-refractivity contribution is -0.137. The third-order valence-corrected chi connectivity index (χ3v) is 12.0. The summed E-state index contributed by atoms with van der Waals surface area (Å²) < 4.78 is 5.65. The number of amides is 1. The Morgan fingerprint density at radius 2 is 1.92 bits per heavy atom. The van der Waals surface area contributed by atoms with E-state index in [9.17, 15) is 14.7 Å². The fourth-order valence-electron chi connectivity index (χ4n) is 10.0. The Hall–Kier alpha value is -1.79. The largest absolute Gasteiger partial charge is 0.387 e. The van der Waals surface area contributed by atoms with Crippen LogP contribution in [-0.4, -0.2) is 47.1 Å². The molecule has 0 unspecified atom stereocenters. The van der Waals surface area contributed by atoms with Crippen LogP contribution in [0.15, 0.2) is 12.1 Å². The molecule has 1 N–H and O–H groups in total. The Bertz CT molecular complexity index is 1110. The zero-order chi connectivity index (χ0) is 27.4. The summed E-state index contributed by atoms with van der Waals surface area (Å²) in [4.78, 5) is 32.5. The van der Waals surface area contributed by atoms with Gasteiger partial charge >= 0.3 is 0 Å². The summed E-state index contributed by atoms with van der Waals surface area (Å²) in [6, 6.07) is 3.96. The van der Waals surface area contributed by atoms with Gasteiger partial charge < -0.3 is 9.84 Å². The summed E-state index contributed by atoms with van der Waals surface area (Å²) in [5.41, 5.74) is 1.37. The Morgan fingerprint density at radius 3 is 2.67 bits per heavy atom. The molecule has 0 spiro atoms. The Kier molecular flexibility index (Phi) is 7.41. The minimum absolute atomic E-state index is 0.110. The molecular weight excluding hydrogens is 488 g/mol. The number of Topliss-reactive ketones (excluding diaryl/α,β-unsaturated/α-hetero) is 1. The first kappa shape index (κ1) is 27.4. The second kappa shape index (κ2) is 10.6. The van der Waals surface area contributed by atoms with E-state index in [2.05, 4.69) is 6.92 Å². The van der Waals surface area contributed by atoms with Crippen molar-refractivity contribution in [1.82, 2.24) is 4.98 Å². The topological polar surface area (TPSA) is 79.7 Å². The molecule has 1 amide bonds. The number of carbonyl (C=O) groups is 2. The molecule has 5 fully saturated rings. The van der Waals surface area contributed by atoms with Gasteiger partial charge in [0.2, 0.25) is 5.91 Å². The van der Waals surface area contributed by atoms with E-state index in [1.165, 1.54) is 25.7 Å². The summed E-state index contributed by atoms with van der Waals surface area (Å²) in [6.07, 6.45) is 12.0. The Labute approximate surface area is 234 Å². The highest BCUT2D eigenvalue weighted by Gasteiger charge is 2.59. The van der Waals surface area contributed by atoms with Crippen molar-refractivity contribution < 1.29 is 19.4 Å². The van der Waals surface area contributed by atoms with Crippen molar-refractivity contribution in [2.75, 3.05) is 24.7 Å². The van der Waals surface area contributed by atoms with Gasteiger partial charge in [-0.1, -0.05) is 13.0 Å². The molecule has 6 heteroatoms. The standard InChI is InChI=1S/C33H48N2O4/c1-4-39-20-33(38)16-14-24-23(19-33)7-9-26-25(24)13-15-32(3)27(26)10-11-28(32)29(36)18-22-8-12-30(34-21(22)2)35-17-5-6-31(35)37/h8,12,23-28,38H,4-7,9-11,13-20H2,1-3H3/t23-,24+,25-,26-,27+,28-,32+,33-/m1/s1. The molecule has 4 saturated carbocycles.